The number of hydrogen-bond donors (Lipinski definition) is 1. The van der Waals surface area contributed by atoms with Gasteiger partial charge >= 0.3 is 0 Å². The van der Waals surface area contributed by atoms with Crippen LogP contribution in [0, 0.1) is 11.3 Å². The maximum Gasteiger partial charge on any atom is 0.0126 e. The van der Waals surface area contributed by atoms with Crippen molar-refractivity contribution in [3.05, 3.63) is 0 Å². The quantitative estimate of drug-likeness (QED) is 0.659. The van der Waals surface area contributed by atoms with Gasteiger partial charge in [-0.3, -0.25) is 0 Å². The van der Waals surface area contributed by atoms with Crippen LogP contribution in [0.15, 0.2) is 0 Å². The molecule has 19 heavy (non-hydrogen) atoms. The van der Waals surface area contributed by atoms with E-state index in [0.29, 0.717) is 5.41 Å². The Balaban J connectivity index is 1.96. The Bertz CT molecular complexity index is 236. The zero-order chi connectivity index (χ0) is 13.6. The molecule has 112 valence electrons. The summed E-state index contributed by atoms with van der Waals surface area (Å²) in [6.07, 6.45) is 17.5. The van der Waals surface area contributed by atoms with Gasteiger partial charge in [-0.1, -0.05) is 58.8 Å². The summed E-state index contributed by atoms with van der Waals surface area (Å²) in [5.41, 5.74) is 0.645. The van der Waals surface area contributed by atoms with E-state index in [1.807, 2.05) is 0 Å². The Labute approximate surface area is 120 Å². The van der Waals surface area contributed by atoms with Crippen LogP contribution in [0.5, 0.6) is 0 Å². The molecule has 2 aliphatic rings. The van der Waals surface area contributed by atoms with E-state index in [9.17, 15) is 0 Å². The summed E-state index contributed by atoms with van der Waals surface area (Å²) in [4.78, 5) is 0. The first kappa shape index (κ1) is 15.4. The topological polar surface area (TPSA) is 12.0 Å². The van der Waals surface area contributed by atoms with E-state index in [0.717, 1.165) is 12.0 Å². The molecule has 1 nitrogen and oxygen atoms in total. The molecule has 0 aromatic rings. The first-order valence-corrected chi connectivity index (χ1v) is 9.04. The van der Waals surface area contributed by atoms with Crippen molar-refractivity contribution in [2.75, 3.05) is 6.54 Å². The van der Waals surface area contributed by atoms with Crippen LogP contribution in [-0.4, -0.2) is 12.6 Å². The largest absolute Gasteiger partial charge is 0.313 e. The molecule has 0 aromatic heterocycles. The molecule has 2 fully saturated rings. The Morgan fingerprint density at radius 1 is 1.00 bits per heavy atom. The number of rotatable bonds is 7. The monoisotopic (exact) mass is 265 g/mol. The van der Waals surface area contributed by atoms with E-state index in [1.54, 1.807) is 0 Å². The molecule has 1 atom stereocenters. The molecule has 2 saturated carbocycles. The van der Waals surface area contributed by atoms with Crippen LogP contribution >= 0.6 is 0 Å². The molecule has 2 aliphatic carbocycles. The average molecular weight is 265 g/mol. The molecule has 1 heteroatoms. The van der Waals surface area contributed by atoms with Crippen LogP contribution in [0.25, 0.3) is 0 Å². The van der Waals surface area contributed by atoms with Crippen molar-refractivity contribution in [3.8, 4) is 0 Å². The highest BCUT2D eigenvalue weighted by Gasteiger charge is 2.40. The zero-order valence-corrected chi connectivity index (χ0v) is 13.3. The van der Waals surface area contributed by atoms with Gasteiger partial charge in [0.2, 0.25) is 0 Å². The number of nitrogens with one attached hydrogen (secondary N) is 1. The first-order chi connectivity index (χ1) is 9.30. The molecule has 0 amide bonds. The maximum absolute atomic E-state index is 3.95. The summed E-state index contributed by atoms with van der Waals surface area (Å²) in [6.45, 7) is 5.96. The molecule has 0 aromatic carbocycles. The van der Waals surface area contributed by atoms with Crippen molar-refractivity contribution >= 4 is 0 Å². The van der Waals surface area contributed by atoms with Crippen LogP contribution in [0.3, 0.4) is 0 Å². The molecule has 1 N–H and O–H groups in total. The van der Waals surface area contributed by atoms with Gasteiger partial charge in [-0.25, -0.2) is 0 Å². The summed E-state index contributed by atoms with van der Waals surface area (Å²) in [6, 6.07) is 0.808. The molecule has 1 unspecified atom stereocenters. The standard InChI is InChI=1S/C18H35N/c1-3-14-19-17(15-16-10-6-5-7-11-16)18(4-2)12-8-9-13-18/h16-17,19H,3-15H2,1-2H3. The Morgan fingerprint density at radius 2 is 1.68 bits per heavy atom. The van der Waals surface area contributed by atoms with E-state index in [1.165, 1.54) is 83.6 Å². The van der Waals surface area contributed by atoms with Crippen LogP contribution in [-0.2, 0) is 0 Å². The van der Waals surface area contributed by atoms with Crippen molar-refractivity contribution < 1.29 is 0 Å². The fraction of sp³-hybridized carbons (Fsp3) is 1.00. The van der Waals surface area contributed by atoms with E-state index in [2.05, 4.69) is 19.2 Å². The molecule has 2 rings (SSSR count). The second-order valence-corrected chi connectivity index (χ2v) is 7.17. The van der Waals surface area contributed by atoms with Gasteiger partial charge in [0.1, 0.15) is 0 Å². The fourth-order valence-electron chi connectivity index (χ4n) is 4.65. The summed E-state index contributed by atoms with van der Waals surface area (Å²) < 4.78 is 0. The van der Waals surface area contributed by atoms with Crippen LogP contribution in [0.1, 0.15) is 90.9 Å². The molecule has 0 aliphatic heterocycles. The minimum Gasteiger partial charge on any atom is -0.313 e. The van der Waals surface area contributed by atoms with E-state index >= 15 is 0 Å². The molecule has 0 saturated heterocycles. The maximum atomic E-state index is 3.95. The van der Waals surface area contributed by atoms with Crippen LogP contribution in [0.2, 0.25) is 0 Å². The van der Waals surface area contributed by atoms with E-state index in [4.69, 9.17) is 0 Å². The third kappa shape index (κ3) is 3.97. The molecule has 0 heterocycles. The summed E-state index contributed by atoms with van der Waals surface area (Å²) in [5.74, 6) is 1.02. The van der Waals surface area contributed by atoms with E-state index < -0.39 is 0 Å². The van der Waals surface area contributed by atoms with E-state index in [-0.39, 0.29) is 0 Å². The van der Waals surface area contributed by atoms with Crippen molar-refractivity contribution in [1.82, 2.24) is 5.32 Å². The lowest BCUT2D eigenvalue weighted by Crippen LogP contribution is -2.45. The molecule has 0 spiro atoms. The molecular weight excluding hydrogens is 230 g/mol. The van der Waals surface area contributed by atoms with Crippen LogP contribution in [0.4, 0.5) is 0 Å². The minimum atomic E-state index is 0.645. The highest BCUT2D eigenvalue weighted by molar-refractivity contribution is 4.95. The van der Waals surface area contributed by atoms with Gasteiger partial charge in [-0.05, 0) is 50.0 Å². The average Bonchev–Trinajstić information content (AvgIpc) is 2.94. The minimum absolute atomic E-state index is 0.645. The Hall–Kier alpha value is -0.0400. The highest BCUT2D eigenvalue weighted by atomic mass is 14.9. The van der Waals surface area contributed by atoms with Crippen molar-refractivity contribution in [1.29, 1.82) is 0 Å². The van der Waals surface area contributed by atoms with Crippen molar-refractivity contribution in [3.63, 3.8) is 0 Å². The van der Waals surface area contributed by atoms with Crippen molar-refractivity contribution in [2.45, 2.75) is 96.9 Å². The lowest BCUT2D eigenvalue weighted by Gasteiger charge is -2.40. The van der Waals surface area contributed by atoms with Gasteiger partial charge in [-0.2, -0.15) is 0 Å². The number of hydrogen-bond acceptors (Lipinski definition) is 1. The highest BCUT2D eigenvalue weighted by Crippen LogP contribution is 2.46. The Morgan fingerprint density at radius 3 is 2.26 bits per heavy atom. The normalized spacial score (nSPS) is 25.6. The smallest absolute Gasteiger partial charge is 0.0126 e. The van der Waals surface area contributed by atoms with Gasteiger partial charge in [0.15, 0.2) is 0 Å². The summed E-state index contributed by atoms with van der Waals surface area (Å²) in [7, 11) is 0. The third-order valence-electron chi connectivity index (χ3n) is 5.98. The Kier molecular flexibility index (Phi) is 6.19. The lowest BCUT2D eigenvalue weighted by atomic mass is 9.71. The third-order valence-corrected chi connectivity index (χ3v) is 5.98. The first-order valence-electron chi connectivity index (χ1n) is 9.04. The van der Waals surface area contributed by atoms with Crippen molar-refractivity contribution in [2.24, 2.45) is 11.3 Å². The lowest BCUT2D eigenvalue weighted by molar-refractivity contribution is 0.147. The SMILES string of the molecule is CCCNC(CC1CCCCC1)C1(CC)CCCC1. The molecular formula is C18H35N. The fourth-order valence-corrected chi connectivity index (χ4v) is 4.65. The van der Waals surface area contributed by atoms with Gasteiger partial charge in [0.05, 0.1) is 0 Å². The summed E-state index contributed by atoms with van der Waals surface area (Å²) in [5, 5.41) is 3.95. The molecule has 0 bridgehead atoms. The van der Waals surface area contributed by atoms with Gasteiger partial charge < -0.3 is 5.32 Å². The zero-order valence-electron chi connectivity index (χ0n) is 13.3. The van der Waals surface area contributed by atoms with Gasteiger partial charge in [0.25, 0.3) is 0 Å². The van der Waals surface area contributed by atoms with Crippen LogP contribution < -0.4 is 5.32 Å². The van der Waals surface area contributed by atoms with Gasteiger partial charge in [-0.15, -0.1) is 0 Å². The summed E-state index contributed by atoms with van der Waals surface area (Å²) >= 11 is 0. The predicted molar refractivity (Wildman–Crippen MR) is 84.5 cm³/mol. The van der Waals surface area contributed by atoms with Gasteiger partial charge in [0, 0.05) is 6.04 Å². The second kappa shape index (κ2) is 7.67. The molecule has 0 radical (unpaired) electrons. The second-order valence-electron chi connectivity index (χ2n) is 7.17. The predicted octanol–water partition coefficient (Wildman–Crippen LogP) is 5.30.